The Labute approximate surface area is 312 Å². The zero-order valence-corrected chi connectivity index (χ0v) is 33.3. The van der Waals surface area contributed by atoms with Gasteiger partial charge in [0.1, 0.15) is 23.7 Å². The number of ether oxygens (including phenoxy) is 6. The van der Waals surface area contributed by atoms with Gasteiger partial charge in [0, 0.05) is 18.9 Å². The maximum Gasteiger partial charge on any atom is 0.342 e. The minimum atomic E-state index is -0.909. The number of benzene rings is 1. The molecule has 298 valence electrons. The first-order valence-electron chi connectivity index (χ1n) is 19.6. The number of methoxy groups -OCH3 is 1. The van der Waals surface area contributed by atoms with Crippen LogP contribution in [0.2, 0.25) is 0 Å². The molecule has 0 amide bonds. The van der Waals surface area contributed by atoms with Crippen LogP contribution in [0.3, 0.4) is 0 Å². The predicted octanol–water partition coefficient (Wildman–Crippen LogP) is 5.98. The van der Waals surface area contributed by atoms with Crippen molar-refractivity contribution in [2.45, 2.75) is 142 Å². The summed E-state index contributed by atoms with van der Waals surface area (Å²) in [5.74, 6) is -1.92. The molecule has 1 aromatic rings. The van der Waals surface area contributed by atoms with Gasteiger partial charge in [0.25, 0.3) is 0 Å². The Morgan fingerprint density at radius 1 is 1.00 bits per heavy atom. The van der Waals surface area contributed by atoms with Gasteiger partial charge in [0.2, 0.25) is 0 Å². The summed E-state index contributed by atoms with van der Waals surface area (Å²) in [5, 5.41) is 33.3. The second-order valence-corrected chi connectivity index (χ2v) is 15.3. The third kappa shape index (κ3) is 10.8. The molecule has 2 saturated heterocycles. The van der Waals surface area contributed by atoms with E-state index in [1.54, 1.807) is 33.1 Å². The highest BCUT2D eigenvalue weighted by molar-refractivity contribution is 5.94. The van der Waals surface area contributed by atoms with E-state index in [1.165, 1.54) is 0 Å². The van der Waals surface area contributed by atoms with Gasteiger partial charge in [-0.3, -0.25) is 4.79 Å². The highest BCUT2D eigenvalue weighted by Crippen LogP contribution is 2.48. The van der Waals surface area contributed by atoms with Gasteiger partial charge in [0.15, 0.2) is 0 Å². The van der Waals surface area contributed by atoms with Crippen molar-refractivity contribution in [2.75, 3.05) is 46.8 Å². The Kier molecular flexibility index (Phi) is 17.5. The molecular weight excluding hydrogens is 668 g/mol. The van der Waals surface area contributed by atoms with Crippen LogP contribution in [0.4, 0.5) is 0 Å². The van der Waals surface area contributed by atoms with Crippen molar-refractivity contribution in [1.82, 2.24) is 0 Å². The number of aliphatic hydroxyl groups is 2. The molecular formula is C41H68O11. The van der Waals surface area contributed by atoms with Crippen molar-refractivity contribution >= 4 is 11.8 Å². The molecule has 2 aliphatic heterocycles. The standard InChI is InChI=1S/C41H68O11/c1-10-32(38-28(6)25-41(12-3,52-38)33-17-18-40(46,11-2)30(8)51-33)37(44)29(7)35(42)26(4)13-15-31-16-14-27(5)36(43)34(31)39(45)50-24-23-49-22-21-48-20-19-47-9/h14,16,26,28-30,32-33,35,38,42-43,46H,10-13,15,17-25H2,1-9H3/t26-,28+,29+,30+,32+,33?,35+,38?,40-,41+/m1/s1. The van der Waals surface area contributed by atoms with E-state index in [-0.39, 0.29) is 66.4 Å². The monoisotopic (exact) mass is 736 g/mol. The largest absolute Gasteiger partial charge is 0.507 e. The molecule has 0 radical (unpaired) electrons. The number of aryl methyl sites for hydroxylation is 2. The van der Waals surface area contributed by atoms with Gasteiger partial charge in [0.05, 0.1) is 68.7 Å². The lowest BCUT2D eigenvalue weighted by Crippen LogP contribution is -2.55. The molecule has 11 heteroatoms. The molecule has 0 saturated carbocycles. The summed E-state index contributed by atoms with van der Waals surface area (Å²) in [4.78, 5) is 27.2. The van der Waals surface area contributed by atoms with Crippen LogP contribution in [0, 0.1) is 30.6 Å². The van der Waals surface area contributed by atoms with E-state index in [9.17, 15) is 24.9 Å². The lowest BCUT2D eigenvalue weighted by Gasteiger charge is -2.47. The summed E-state index contributed by atoms with van der Waals surface area (Å²) in [6, 6.07) is 3.56. The van der Waals surface area contributed by atoms with Crippen molar-refractivity contribution in [3.8, 4) is 5.75 Å². The van der Waals surface area contributed by atoms with Gasteiger partial charge < -0.3 is 43.7 Å². The SMILES string of the molecule is CC[C@@H](C(=O)[C@@H](C)[C@@H](O)[C@H](C)CCc1ccc(C)c(O)c1C(=O)OCCOCCOCCOC)C1O[C@](CC)(C2CC[C@](O)(CC)[C@H](C)O2)C[C@@H]1C. The smallest absolute Gasteiger partial charge is 0.342 e. The normalized spacial score (nSPS) is 28.7. The molecule has 0 bridgehead atoms. The fourth-order valence-electron chi connectivity index (χ4n) is 8.17. The predicted molar refractivity (Wildman–Crippen MR) is 199 cm³/mol. The average Bonchev–Trinajstić information content (AvgIpc) is 3.48. The number of phenolic OH excluding ortho intramolecular Hbond substituents is 1. The Morgan fingerprint density at radius 2 is 1.65 bits per heavy atom. The number of carbonyl (C=O) groups is 2. The number of carbonyl (C=O) groups excluding carboxylic acids is 2. The van der Waals surface area contributed by atoms with Crippen molar-refractivity contribution in [3.63, 3.8) is 0 Å². The van der Waals surface area contributed by atoms with Crippen LogP contribution in [0.5, 0.6) is 5.75 Å². The minimum Gasteiger partial charge on any atom is -0.507 e. The maximum absolute atomic E-state index is 14.1. The van der Waals surface area contributed by atoms with Gasteiger partial charge in [-0.2, -0.15) is 0 Å². The van der Waals surface area contributed by atoms with Gasteiger partial charge in [-0.1, -0.05) is 53.7 Å². The van der Waals surface area contributed by atoms with E-state index >= 15 is 0 Å². The van der Waals surface area contributed by atoms with Crippen LogP contribution in [0.25, 0.3) is 0 Å². The van der Waals surface area contributed by atoms with E-state index in [0.717, 1.165) is 12.8 Å². The number of hydrogen-bond donors (Lipinski definition) is 3. The van der Waals surface area contributed by atoms with Crippen molar-refractivity contribution < 1.29 is 53.3 Å². The number of aromatic hydroxyl groups is 1. The first kappa shape index (κ1) is 44.3. The summed E-state index contributed by atoms with van der Waals surface area (Å²) in [6.45, 7) is 17.6. The van der Waals surface area contributed by atoms with Gasteiger partial charge in [-0.15, -0.1) is 0 Å². The number of aliphatic hydroxyl groups excluding tert-OH is 1. The summed E-state index contributed by atoms with van der Waals surface area (Å²) in [7, 11) is 1.61. The summed E-state index contributed by atoms with van der Waals surface area (Å²) in [5.41, 5.74) is -0.0749. The Balaban J connectivity index is 1.60. The number of Topliss-reactive ketones (excluding diaryl/α,β-unsaturated/α-hetero) is 1. The van der Waals surface area contributed by atoms with Crippen LogP contribution in [-0.2, 0) is 39.6 Å². The van der Waals surface area contributed by atoms with Crippen molar-refractivity contribution in [3.05, 3.63) is 28.8 Å². The van der Waals surface area contributed by atoms with E-state index < -0.39 is 29.2 Å². The van der Waals surface area contributed by atoms with Crippen LogP contribution < -0.4 is 0 Å². The van der Waals surface area contributed by atoms with E-state index in [1.807, 2.05) is 27.7 Å². The number of rotatable bonds is 22. The summed E-state index contributed by atoms with van der Waals surface area (Å²) in [6.07, 6.45) is 3.34. The van der Waals surface area contributed by atoms with Gasteiger partial charge in [-0.25, -0.2) is 4.79 Å². The molecule has 3 N–H and O–H groups in total. The highest BCUT2D eigenvalue weighted by atomic mass is 16.6. The van der Waals surface area contributed by atoms with Crippen LogP contribution >= 0.6 is 0 Å². The fraction of sp³-hybridized carbons (Fsp3) is 0.805. The van der Waals surface area contributed by atoms with Crippen LogP contribution in [-0.4, -0.2) is 109 Å². The molecule has 1 aromatic carbocycles. The molecule has 0 aliphatic carbocycles. The Morgan fingerprint density at radius 3 is 2.25 bits per heavy atom. The van der Waals surface area contributed by atoms with Crippen LogP contribution in [0.1, 0.15) is 115 Å². The van der Waals surface area contributed by atoms with Crippen LogP contribution in [0.15, 0.2) is 12.1 Å². The number of esters is 1. The van der Waals surface area contributed by atoms with Gasteiger partial charge >= 0.3 is 5.97 Å². The molecule has 2 unspecified atom stereocenters. The first-order chi connectivity index (χ1) is 24.7. The lowest BCUT2D eigenvalue weighted by molar-refractivity contribution is -0.229. The zero-order chi connectivity index (χ0) is 38.6. The molecule has 10 atom stereocenters. The third-order valence-corrected chi connectivity index (χ3v) is 11.9. The van der Waals surface area contributed by atoms with Crippen molar-refractivity contribution in [2.24, 2.45) is 23.7 Å². The molecule has 2 aliphatic rings. The Hall–Kier alpha value is -2.12. The molecule has 3 rings (SSSR count). The molecule has 11 nitrogen and oxygen atoms in total. The number of ketones is 1. The minimum absolute atomic E-state index is 0.00936. The number of hydrogen-bond acceptors (Lipinski definition) is 11. The number of phenols is 1. The summed E-state index contributed by atoms with van der Waals surface area (Å²) < 4.78 is 34.5. The maximum atomic E-state index is 14.1. The molecule has 0 spiro atoms. The first-order valence-corrected chi connectivity index (χ1v) is 19.6. The highest BCUT2D eigenvalue weighted by Gasteiger charge is 2.55. The second-order valence-electron chi connectivity index (χ2n) is 15.3. The third-order valence-electron chi connectivity index (χ3n) is 11.9. The fourth-order valence-corrected chi connectivity index (χ4v) is 8.17. The topological polar surface area (TPSA) is 150 Å². The second kappa shape index (κ2) is 20.5. The van der Waals surface area contributed by atoms with E-state index in [4.69, 9.17) is 28.4 Å². The van der Waals surface area contributed by atoms with Crippen molar-refractivity contribution in [1.29, 1.82) is 0 Å². The average molecular weight is 737 g/mol. The summed E-state index contributed by atoms with van der Waals surface area (Å²) >= 11 is 0. The molecule has 2 heterocycles. The molecule has 2 fully saturated rings. The Bertz CT molecular complexity index is 1270. The molecule has 52 heavy (non-hydrogen) atoms. The lowest BCUT2D eigenvalue weighted by atomic mass is 9.76. The molecule has 0 aromatic heterocycles. The quantitative estimate of drug-likeness (QED) is 0.0953. The van der Waals surface area contributed by atoms with E-state index in [2.05, 4.69) is 13.8 Å². The zero-order valence-electron chi connectivity index (χ0n) is 33.3. The van der Waals surface area contributed by atoms with Gasteiger partial charge in [-0.05, 0) is 88.2 Å². The van der Waals surface area contributed by atoms with E-state index in [0.29, 0.717) is 76.1 Å².